The smallest absolute Gasteiger partial charge is 0.0752 e. The van der Waals surface area contributed by atoms with Crippen LogP contribution in [0.2, 0.25) is 0 Å². The lowest BCUT2D eigenvalue weighted by molar-refractivity contribution is 0.487. The molecule has 0 aromatic rings. The Morgan fingerprint density at radius 1 is 1.38 bits per heavy atom. The lowest BCUT2D eigenvalue weighted by Gasteiger charge is -2.15. The molecule has 0 amide bonds. The molecular formula is C11H18IN. The zero-order chi connectivity index (χ0) is 10.4. The summed E-state index contributed by atoms with van der Waals surface area (Å²) in [5.74, 6) is 1.16. The van der Waals surface area contributed by atoms with Crippen LogP contribution in [0.15, 0.2) is 29.4 Å². The van der Waals surface area contributed by atoms with Crippen LogP contribution in [-0.4, -0.2) is 3.72 Å². The molecule has 0 aliphatic carbocycles. The highest BCUT2D eigenvalue weighted by Gasteiger charge is 2.09. The predicted octanol–water partition coefficient (Wildman–Crippen LogP) is 4.20. The van der Waals surface area contributed by atoms with Crippen LogP contribution in [0, 0.1) is 11.8 Å². The Balaban J connectivity index is 4.59. The fourth-order valence-electron chi connectivity index (χ4n) is 0.905. The topological polar surface area (TPSA) is 12.4 Å². The molecule has 13 heavy (non-hydrogen) atoms. The molecule has 0 N–H and O–H groups in total. The minimum absolute atomic E-state index is 0.525. The van der Waals surface area contributed by atoms with E-state index in [1.807, 2.05) is 19.2 Å². The van der Waals surface area contributed by atoms with Crippen LogP contribution >= 0.6 is 22.6 Å². The van der Waals surface area contributed by atoms with Gasteiger partial charge in [-0.1, -0.05) is 33.4 Å². The average Bonchev–Trinajstić information content (AvgIpc) is 2.04. The van der Waals surface area contributed by atoms with Crippen LogP contribution in [0.4, 0.5) is 0 Å². The van der Waals surface area contributed by atoms with Crippen molar-refractivity contribution in [3.8, 4) is 0 Å². The van der Waals surface area contributed by atoms with Crippen molar-refractivity contribution in [3.63, 3.8) is 0 Å². The molecular weight excluding hydrogens is 273 g/mol. The molecule has 0 aliphatic heterocycles. The number of rotatable bonds is 4. The zero-order valence-corrected chi connectivity index (χ0v) is 11.0. The van der Waals surface area contributed by atoms with E-state index >= 15 is 0 Å². The molecule has 0 radical (unpaired) electrons. The van der Waals surface area contributed by atoms with Gasteiger partial charge in [0.15, 0.2) is 0 Å². The molecule has 0 aromatic heterocycles. The summed E-state index contributed by atoms with van der Waals surface area (Å²) in [5, 5.41) is 0. The van der Waals surface area contributed by atoms with Gasteiger partial charge in [-0.3, -0.25) is 4.99 Å². The molecule has 74 valence electrons. The van der Waals surface area contributed by atoms with Crippen LogP contribution in [0.5, 0.6) is 0 Å². The summed E-state index contributed by atoms with van der Waals surface area (Å²) in [6, 6.07) is 0. The maximum absolute atomic E-state index is 4.27. The van der Waals surface area contributed by atoms with Gasteiger partial charge in [0.05, 0.1) is 3.72 Å². The van der Waals surface area contributed by atoms with Crippen molar-refractivity contribution in [2.75, 3.05) is 0 Å². The Labute approximate surface area is 95.2 Å². The van der Waals surface area contributed by atoms with Gasteiger partial charge in [-0.15, -0.1) is 0 Å². The van der Waals surface area contributed by atoms with Gasteiger partial charge in [-0.25, -0.2) is 0 Å². The molecule has 0 saturated carbocycles. The van der Waals surface area contributed by atoms with Gasteiger partial charge in [0, 0.05) is 6.20 Å². The van der Waals surface area contributed by atoms with Crippen molar-refractivity contribution in [3.05, 3.63) is 24.4 Å². The Bertz CT molecular complexity index is 222. The Kier molecular flexibility index (Phi) is 6.29. The first-order valence-electron chi connectivity index (χ1n) is 4.51. The Morgan fingerprint density at radius 2 is 1.92 bits per heavy atom. The quantitative estimate of drug-likeness (QED) is 0.418. The third-order valence-corrected chi connectivity index (χ3v) is 2.43. The highest BCUT2D eigenvalue weighted by molar-refractivity contribution is 14.1. The summed E-state index contributed by atoms with van der Waals surface area (Å²) >= 11 is 2.20. The van der Waals surface area contributed by atoms with E-state index in [-0.39, 0.29) is 0 Å². The number of hydrogen-bond acceptors (Lipinski definition) is 1. The van der Waals surface area contributed by atoms with Crippen molar-refractivity contribution in [1.29, 1.82) is 0 Å². The molecule has 0 heterocycles. The van der Waals surface area contributed by atoms with Gasteiger partial charge in [0.25, 0.3) is 0 Å². The monoisotopic (exact) mass is 291 g/mol. The SMILES string of the molecule is C=C/C(=C\N=C(\C)I)C(C)C(C)C. The second-order valence-corrected chi connectivity index (χ2v) is 5.05. The molecule has 1 unspecified atom stereocenters. The Hall–Kier alpha value is -0.120. The van der Waals surface area contributed by atoms with Gasteiger partial charge in [0.2, 0.25) is 0 Å². The third kappa shape index (κ3) is 5.24. The van der Waals surface area contributed by atoms with Crippen LogP contribution < -0.4 is 0 Å². The number of hydrogen-bond donors (Lipinski definition) is 0. The minimum atomic E-state index is 0.525. The van der Waals surface area contributed by atoms with Crippen molar-refractivity contribution in [2.45, 2.75) is 27.7 Å². The molecule has 0 fully saturated rings. The summed E-state index contributed by atoms with van der Waals surface area (Å²) in [6.45, 7) is 12.4. The number of halogens is 1. The van der Waals surface area contributed by atoms with Crippen LogP contribution in [0.25, 0.3) is 0 Å². The lowest BCUT2D eigenvalue weighted by Crippen LogP contribution is -2.05. The minimum Gasteiger partial charge on any atom is -0.255 e. The summed E-state index contributed by atoms with van der Waals surface area (Å²) in [5.41, 5.74) is 1.21. The Morgan fingerprint density at radius 3 is 2.23 bits per heavy atom. The zero-order valence-electron chi connectivity index (χ0n) is 8.84. The molecule has 0 bridgehead atoms. The van der Waals surface area contributed by atoms with Crippen molar-refractivity contribution >= 4 is 26.3 Å². The van der Waals surface area contributed by atoms with E-state index in [0.29, 0.717) is 11.8 Å². The molecule has 1 atom stereocenters. The molecule has 0 aliphatic rings. The van der Waals surface area contributed by atoms with Crippen molar-refractivity contribution in [1.82, 2.24) is 0 Å². The van der Waals surface area contributed by atoms with Crippen LogP contribution in [0.3, 0.4) is 0 Å². The van der Waals surface area contributed by atoms with Crippen molar-refractivity contribution < 1.29 is 0 Å². The van der Waals surface area contributed by atoms with Gasteiger partial charge < -0.3 is 0 Å². The number of aliphatic imine (C=N–C) groups is 1. The lowest BCUT2D eigenvalue weighted by atomic mass is 9.91. The van der Waals surface area contributed by atoms with Crippen molar-refractivity contribution in [2.24, 2.45) is 16.8 Å². The van der Waals surface area contributed by atoms with E-state index in [9.17, 15) is 0 Å². The number of allylic oxidation sites excluding steroid dienone is 2. The second-order valence-electron chi connectivity index (χ2n) is 3.49. The van der Waals surface area contributed by atoms with Gasteiger partial charge in [-0.2, -0.15) is 0 Å². The fourth-order valence-corrected chi connectivity index (χ4v) is 1.04. The van der Waals surface area contributed by atoms with E-state index in [0.717, 1.165) is 3.72 Å². The fraction of sp³-hybridized carbons (Fsp3) is 0.545. The first-order valence-corrected chi connectivity index (χ1v) is 5.59. The second kappa shape index (κ2) is 6.35. The maximum atomic E-state index is 4.27. The van der Waals surface area contributed by atoms with E-state index in [4.69, 9.17) is 0 Å². The maximum Gasteiger partial charge on any atom is 0.0752 e. The van der Waals surface area contributed by atoms with Gasteiger partial charge >= 0.3 is 0 Å². The summed E-state index contributed by atoms with van der Waals surface area (Å²) in [6.07, 6.45) is 3.81. The summed E-state index contributed by atoms with van der Waals surface area (Å²) in [7, 11) is 0. The largest absolute Gasteiger partial charge is 0.255 e. The number of nitrogens with zero attached hydrogens (tertiary/aromatic N) is 1. The van der Waals surface area contributed by atoms with Gasteiger partial charge in [-0.05, 0) is 46.9 Å². The van der Waals surface area contributed by atoms with E-state index in [1.54, 1.807) is 0 Å². The molecule has 0 rings (SSSR count). The first-order chi connectivity index (χ1) is 5.99. The highest BCUT2D eigenvalue weighted by Crippen LogP contribution is 2.20. The van der Waals surface area contributed by atoms with Crippen LogP contribution in [-0.2, 0) is 0 Å². The summed E-state index contributed by atoms with van der Waals surface area (Å²) < 4.78 is 1.05. The standard InChI is InChI=1S/C11H18IN/c1-6-11(7-13-10(5)12)9(4)8(2)3/h6-9H,1H2,2-5H3/b11-7+,13-10-. The molecule has 1 nitrogen and oxygen atoms in total. The van der Waals surface area contributed by atoms with E-state index in [1.165, 1.54) is 5.57 Å². The predicted molar refractivity (Wildman–Crippen MR) is 69.4 cm³/mol. The molecule has 0 aromatic carbocycles. The first kappa shape index (κ1) is 12.9. The molecule has 0 saturated heterocycles. The van der Waals surface area contributed by atoms with E-state index < -0.39 is 0 Å². The van der Waals surface area contributed by atoms with Gasteiger partial charge in [0.1, 0.15) is 0 Å². The highest BCUT2D eigenvalue weighted by atomic mass is 127. The normalized spacial score (nSPS) is 16.2. The third-order valence-electron chi connectivity index (χ3n) is 2.15. The molecule has 2 heteroatoms. The average molecular weight is 291 g/mol. The van der Waals surface area contributed by atoms with Crippen LogP contribution in [0.1, 0.15) is 27.7 Å². The molecule has 0 spiro atoms. The summed E-state index contributed by atoms with van der Waals surface area (Å²) in [4.78, 5) is 4.27. The van der Waals surface area contributed by atoms with E-state index in [2.05, 4.69) is 54.9 Å².